The minimum Gasteiger partial charge on any atom is -0.343 e. The lowest BCUT2D eigenvalue weighted by Crippen LogP contribution is -2.35. The molecule has 3 rings (SSSR count). The molecule has 27 heavy (non-hydrogen) atoms. The van der Waals surface area contributed by atoms with Crippen molar-refractivity contribution in [3.05, 3.63) is 81.6 Å². The Kier molecular flexibility index (Phi) is 5.41. The predicted molar refractivity (Wildman–Crippen MR) is 104 cm³/mol. The Morgan fingerprint density at radius 2 is 1.85 bits per heavy atom. The van der Waals surface area contributed by atoms with Gasteiger partial charge in [0.2, 0.25) is 0 Å². The molecule has 0 spiro atoms. The third-order valence-corrected chi connectivity index (χ3v) is 3.90. The van der Waals surface area contributed by atoms with Gasteiger partial charge in [-0.25, -0.2) is 5.43 Å². The number of benzene rings is 2. The molecule has 0 radical (unpaired) electrons. The first-order valence-electron chi connectivity index (χ1n) is 8.32. The van der Waals surface area contributed by atoms with Crippen molar-refractivity contribution in [3.63, 3.8) is 0 Å². The largest absolute Gasteiger partial charge is 0.343 e. The van der Waals surface area contributed by atoms with Gasteiger partial charge in [-0.05, 0) is 36.6 Å². The summed E-state index contributed by atoms with van der Waals surface area (Å²) in [7, 11) is 0. The van der Waals surface area contributed by atoms with Crippen LogP contribution in [0.25, 0.3) is 10.9 Å². The molecule has 7 nitrogen and oxygen atoms in total. The minimum atomic E-state index is -0.496. The number of hydrogen-bond donors (Lipinski definition) is 3. The molecular weight excluding hydrogens is 344 g/mol. The number of pyridine rings is 1. The van der Waals surface area contributed by atoms with E-state index in [1.165, 1.54) is 6.21 Å². The van der Waals surface area contributed by atoms with Crippen molar-refractivity contribution >= 4 is 28.9 Å². The zero-order valence-electron chi connectivity index (χ0n) is 14.7. The molecule has 1 heterocycles. The number of aromatic nitrogens is 1. The minimum absolute atomic E-state index is 0.224. The number of carbonyl (C=O) groups excluding carboxylic acids is 2. The maximum atomic E-state index is 12.0. The fourth-order valence-corrected chi connectivity index (χ4v) is 2.44. The smallest absolute Gasteiger partial charge is 0.259 e. The number of rotatable bonds is 5. The molecule has 0 saturated heterocycles. The molecule has 136 valence electrons. The molecule has 0 aliphatic carbocycles. The van der Waals surface area contributed by atoms with Crippen molar-refractivity contribution in [2.75, 3.05) is 6.54 Å². The maximum absolute atomic E-state index is 12.0. The number of para-hydroxylation sites is 1. The van der Waals surface area contributed by atoms with Gasteiger partial charge in [0, 0.05) is 11.1 Å². The first-order chi connectivity index (χ1) is 13.0. The van der Waals surface area contributed by atoms with Crippen molar-refractivity contribution in [2.24, 2.45) is 5.10 Å². The second-order valence-corrected chi connectivity index (χ2v) is 5.98. The highest BCUT2D eigenvalue weighted by Gasteiger charge is 2.07. The van der Waals surface area contributed by atoms with Gasteiger partial charge in [0.1, 0.15) is 0 Å². The first kappa shape index (κ1) is 18.1. The molecule has 0 aliphatic heterocycles. The quantitative estimate of drug-likeness (QED) is 0.475. The molecule has 7 heteroatoms. The monoisotopic (exact) mass is 362 g/mol. The number of nitrogens with zero attached hydrogens (tertiary/aromatic N) is 1. The van der Waals surface area contributed by atoms with Crippen LogP contribution >= 0.6 is 0 Å². The Balaban J connectivity index is 1.56. The normalized spacial score (nSPS) is 10.9. The number of fused-ring (bicyclic) bond motifs is 1. The van der Waals surface area contributed by atoms with E-state index < -0.39 is 5.91 Å². The van der Waals surface area contributed by atoms with Crippen LogP contribution in [0.3, 0.4) is 0 Å². The Hall–Kier alpha value is -3.74. The molecule has 0 bridgehead atoms. The van der Waals surface area contributed by atoms with E-state index in [2.05, 4.69) is 20.8 Å². The van der Waals surface area contributed by atoms with Crippen molar-refractivity contribution in [1.29, 1.82) is 0 Å². The van der Waals surface area contributed by atoms with Crippen LogP contribution in [0.15, 0.2) is 64.5 Å². The van der Waals surface area contributed by atoms with Gasteiger partial charge in [0.15, 0.2) is 0 Å². The third kappa shape index (κ3) is 4.66. The highest BCUT2D eigenvalue weighted by Crippen LogP contribution is 2.08. The lowest BCUT2D eigenvalue weighted by atomic mass is 10.1. The summed E-state index contributed by atoms with van der Waals surface area (Å²) >= 11 is 0. The van der Waals surface area contributed by atoms with Crippen LogP contribution in [0, 0.1) is 6.92 Å². The molecule has 3 N–H and O–H groups in total. The summed E-state index contributed by atoms with van der Waals surface area (Å²) in [4.78, 5) is 38.5. The van der Waals surface area contributed by atoms with Crippen LogP contribution < -0.4 is 16.3 Å². The van der Waals surface area contributed by atoms with Gasteiger partial charge in [-0.15, -0.1) is 0 Å². The SMILES string of the molecule is Cc1ccc(C(=O)NCC(=O)N/N=C\c2cc3ccccc3[nH]c2=O)cc1. The zero-order valence-corrected chi connectivity index (χ0v) is 14.7. The topological polar surface area (TPSA) is 103 Å². The van der Waals surface area contributed by atoms with Crippen LogP contribution in [0.1, 0.15) is 21.5 Å². The third-order valence-electron chi connectivity index (χ3n) is 3.90. The van der Waals surface area contributed by atoms with Crippen LogP contribution in [-0.4, -0.2) is 29.6 Å². The highest BCUT2D eigenvalue weighted by atomic mass is 16.2. The van der Waals surface area contributed by atoms with Gasteiger partial charge < -0.3 is 10.3 Å². The molecule has 3 aromatic rings. The van der Waals surface area contributed by atoms with E-state index in [9.17, 15) is 14.4 Å². The average molecular weight is 362 g/mol. The summed E-state index contributed by atoms with van der Waals surface area (Å²) in [5, 5.41) is 7.14. The predicted octanol–water partition coefficient (Wildman–Crippen LogP) is 1.72. The molecule has 0 saturated carbocycles. The number of aryl methyl sites for hydroxylation is 1. The fraction of sp³-hybridized carbons (Fsp3) is 0.100. The van der Waals surface area contributed by atoms with Crippen molar-refractivity contribution < 1.29 is 9.59 Å². The van der Waals surface area contributed by atoms with Gasteiger partial charge in [0.05, 0.1) is 18.3 Å². The number of aromatic amines is 1. The number of hydrazone groups is 1. The molecule has 1 aromatic heterocycles. The number of nitrogens with one attached hydrogen (secondary N) is 3. The van der Waals surface area contributed by atoms with E-state index in [-0.39, 0.29) is 18.0 Å². The summed E-state index contributed by atoms with van der Waals surface area (Å²) in [6.45, 7) is 1.70. The van der Waals surface area contributed by atoms with Crippen molar-refractivity contribution in [2.45, 2.75) is 6.92 Å². The van der Waals surface area contributed by atoms with E-state index in [1.54, 1.807) is 24.3 Å². The Morgan fingerprint density at radius 3 is 2.63 bits per heavy atom. The summed E-state index contributed by atoms with van der Waals surface area (Å²) in [5.41, 5.74) is 4.54. The molecule has 0 unspecified atom stereocenters. The lowest BCUT2D eigenvalue weighted by Gasteiger charge is -2.04. The van der Waals surface area contributed by atoms with Crippen LogP contribution in [-0.2, 0) is 4.79 Å². The fourth-order valence-electron chi connectivity index (χ4n) is 2.44. The molecule has 0 fully saturated rings. The van der Waals surface area contributed by atoms with Gasteiger partial charge >= 0.3 is 0 Å². The van der Waals surface area contributed by atoms with E-state index in [4.69, 9.17) is 0 Å². The molecular formula is C20H18N4O3. The van der Waals surface area contributed by atoms with Crippen LogP contribution in [0.2, 0.25) is 0 Å². The second kappa shape index (κ2) is 8.09. The standard InChI is InChI=1S/C20H18N4O3/c1-13-6-8-14(9-7-13)19(26)21-12-18(25)24-22-11-16-10-15-4-2-3-5-17(15)23-20(16)27/h2-11H,12H2,1H3,(H,21,26)(H,23,27)(H,24,25)/b22-11-. The zero-order chi connectivity index (χ0) is 19.2. The van der Waals surface area contributed by atoms with Gasteiger partial charge in [-0.3, -0.25) is 14.4 Å². The van der Waals surface area contributed by atoms with Crippen LogP contribution in [0.4, 0.5) is 0 Å². The number of amides is 2. The summed E-state index contributed by atoms with van der Waals surface area (Å²) in [5.74, 6) is -0.843. The number of hydrogen-bond acceptors (Lipinski definition) is 4. The van der Waals surface area contributed by atoms with Gasteiger partial charge in [-0.2, -0.15) is 5.10 Å². The van der Waals surface area contributed by atoms with Crippen LogP contribution in [0.5, 0.6) is 0 Å². The molecule has 2 amide bonds. The Labute approximate surface area is 155 Å². The summed E-state index contributed by atoms with van der Waals surface area (Å²) in [6, 6.07) is 16.1. The Morgan fingerprint density at radius 1 is 1.11 bits per heavy atom. The number of H-pyrrole nitrogens is 1. The van der Waals surface area contributed by atoms with E-state index in [1.807, 2.05) is 37.3 Å². The van der Waals surface area contributed by atoms with Crippen molar-refractivity contribution in [3.8, 4) is 0 Å². The second-order valence-electron chi connectivity index (χ2n) is 5.98. The first-order valence-corrected chi connectivity index (χ1v) is 8.32. The average Bonchev–Trinajstić information content (AvgIpc) is 2.67. The highest BCUT2D eigenvalue weighted by molar-refractivity contribution is 5.96. The van der Waals surface area contributed by atoms with E-state index in [0.29, 0.717) is 11.1 Å². The lowest BCUT2D eigenvalue weighted by molar-refractivity contribution is -0.120. The van der Waals surface area contributed by atoms with Gasteiger partial charge in [0.25, 0.3) is 17.4 Å². The molecule has 2 aromatic carbocycles. The molecule has 0 atom stereocenters. The van der Waals surface area contributed by atoms with Gasteiger partial charge in [-0.1, -0.05) is 35.9 Å². The molecule has 0 aliphatic rings. The van der Waals surface area contributed by atoms with E-state index >= 15 is 0 Å². The Bertz CT molecular complexity index is 1070. The van der Waals surface area contributed by atoms with E-state index in [0.717, 1.165) is 16.5 Å². The maximum Gasteiger partial charge on any atom is 0.259 e. The summed E-state index contributed by atoms with van der Waals surface area (Å²) < 4.78 is 0. The van der Waals surface area contributed by atoms with Crippen molar-refractivity contribution in [1.82, 2.24) is 15.7 Å². The number of carbonyl (C=O) groups is 2. The summed E-state index contributed by atoms with van der Waals surface area (Å²) in [6.07, 6.45) is 1.27.